The summed E-state index contributed by atoms with van der Waals surface area (Å²) >= 11 is 0. The van der Waals surface area contributed by atoms with Gasteiger partial charge >= 0.3 is 0 Å². The van der Waals surface area contributed by atoms with Crippen molar-refractivity contribution >= 4 is 11.8 Å². The lowest BCUT2D eigenvalue weighted by Crippen LogP contribution is -2.51. The molecular weight excluding hydrogens is 332 g/mol. The SMILES string of the molecule is NC(=O)[C@H]1Cc2ccccc2CN1C(=O)c1ccc2c(c1)OCCCO2. The fraction of sp³-hybridized carbons (Fsp3) is 0.300. The summed E-state index contributed by atoms with van der Waals surface area (Å²) in [5.74, 6) is 0.456. The van der Waals surface area contributed by atoms with E-state index in [4.69, 9.17) is 15.2 Å². The second-order valence-corrected chi connectivity index (χ2v) is 6.54. The minimum Gasteiger partial charge on any atom is -0.490 e. The van der Waals surface area contributed by atoms with Gasteiger partial charge < -0.3 is 20.1 Å². The quantitative estimate of drug-likeness (QED) is 0.895. The Labute approximate surface area is 151 Å². The smallest absolute Gasteiger partial charge is 0.254 e. The summed E-state index contributed by atoms with van der Waals surface area (Å²) in [5, 5.41) is 0. The van der Waals surface area contributed by atoms with Gasteiger partial charge in [-0.3, -0.25) is 9.59 Å². The lowest BCUT2D eigenvalue weighted by molar-refractivity contribution is -0.122. The largest absolute Gasteiger partial charge is 0.490 e. The molecule has 0 radical (unpaired) electrons. The van der Waals surface area contributed by atoms with Crippen molar-refractivity contribution in [3.8, 4) is 11.5 Å². The molecule has 1 atom stereocenters. The average molecular weight is 352 g/mol. The van der Waals surface area contributed by atoms with E-state index >= 15 is 0 Å². The van der Waals surface area contributed by atoms with Crippen molar-refractivity contribution in [2.75, 3.05) is 13.2 Å². The van der Waals surface area contributed by atoms with Crippen LogP contribution in [0.15, 0.2) is 42.5 Å². The van der Waals surface area contributed by atoms with Crippen LogP contribution in [-0.2, 0) is 17.8 Å². The number of rotatable bonds is 2. The summed E-state index contributed by atoms with van der Waals surface area (Å²) in [5.41, 5.74) is 8.13. The van der Waals surface area contributed by atoms with Crippen LogP contribution in [0.25, 0.3) is 0 Å². The normalized spacial score (nSPS) is 18.6. The Hall–Kier alpha value is -3.02. The predicted molar refractivity (Wildman–Crippen MR) is 95.1 cm³/mol. The molecule has 6 heteroatoms. The second kappa shape index (κ2) is 6.71. The van der Waals surface area contributed by atoms with Crippen molar-refractivity contribution in [1.82, 2.24) is 4.90 Å². The van der Waals surface area contributed by atoms with Crippen LogP contribution in [0.1, 0.15) is 27.9 Å². The fourth-order valence-corrected chi connectivity index (χ4v) is 3.45. The number of fused-ring (bicyclic) bond motifs is 2. The molecule has 0 saturated heterocycles. The number of hydrogen-bond acceptors (Lipinski definition) is 4. The third kappa shape index (κ3) is 2.98. The number of carbonyl (C=O) groups is 2. The highest BCUT2D eigenvalue weighted by molar-refractivity contribution is 5.98. The Bertz CT molecular complexity index is 865. The Balaban J connectivity index is 1.66. The molecule has 0 bridgehead atoms. The number of amides is 2. The molecule has 2 heterocycles. The zero-order valence-corrected chi connectivity index (χ0v) is 14.3. The van der Waals surface area contributed by atoms with E-state index in [-0.39, 0.29) is 5.91 Å². The number of primary amides is 1. The summed E-state index contributed by atoms with van der Waals surface area (Å²) in [6.07, 6.45) is 1.23. The van der Waals surface area contributed by atoms with Gasteiger partial charge in [-0.05, 0) is 29.3 Å². The van der Waals surface area contributed by atoms with Gasteiger partial charge in [-0.15, -0.1) is 0 Å². The van der Waals surface area contributed by atoms with Gasteiger partial charge in [0.15, 0.2) is 11.5 Å². The highest BCUT2D eigenvalue weighted by Crippen LogP contribution is 2.32. The molecule has 2 N–H and O–H groups in total. The van der Waals surface area contributed by atoms with E-state index in [1.165, 1.54) is 0 Å². The van der Waals surface area contributed by atoms with Crippen LogP contribution in [-0.4, -0.2) is 36.0 Å². The Morgan fingerprint density at radius 2 is 1.73 bits per heavy atom. The maximum Gasteiger partial charge on any atom is 0.254 e. The van der Waals surface area contributed by atoms with E-state index in [2.05, 4.69) is 0 Å². The Kier molecular flexibility index (Phi) is 4.24. The molecule has 2 aliphatic rings. The van der Waals surface area contributed by atoms with Gasteiger partial charge in [0.05, 0.1) is 13.2 Å². The zero-order chi connectivity index (χ0) is 18.1. The number of nitrogens with two attached hydrogens (primary N) is 1. The number of carbonyl (C=O) groups excluding carboxylic acids is 2. The molecule has 26 heavy (non-hydrogen) atoms. The number of nitrogens with zero attached hydrogens (tertiary/aromatic N) is 1. The minimum atomic E-state index is -0.659. The van der Waals surface area contributed by atoms with Gasteiger partial charge in [0, 0.05) is 24.9 Å². The van der Waals surface area contributed by atoms with E-state index < -0.39 is 11.9 Å². The molecule has 2 aliphatic heterocycles. The first-order valence-corrected chi connectivity index (χ1v) is 8.70. The molecule has 2 aromatic rings. The summed E-state index contributed by atoms with van der Waals surface area (Å²) < 4.78 is 11.3. The van der Waals surface area contributed by atoms with Gasteiger partial charge in [-0.25, -0.2) is 0 Å². The molecule has 134 valence electrons. The van der Waals surface area contributed by atoms with Crippen LogP contribution in [0, 0.1) is 0 Å². The van der Waals surface area contributed by atoms with Gasteiger partial charge in [0.25, 0.3) is 5.91 Å². The van der Waals surface area contributed by atoms with E-state index in [0.29, 0.717) is 43.2 Å². The molecule has 0 saturated carbocycles. The van der Waals surface area contributed by atoms with Gasteiger partial charge in [-0.2, -0.15) is 0 Å². The molecule has 2 aromatic carbocycles. The molecule has 0 unspecified atom stereocenters. The highest BCUT2D eigenvalue weighted by atomic mass is 16.5. The molecule has 0 spiro atoms. The van der Waals surface area contributed by atoms with Crippen LogP contribution < -0.4 is 15.2 Å². The Morgan fingerprint density at radius 3 is 2.50 bits per heavy atom. The summed E-state index contributed by atoms with van der Waals surface area (Å²) in [4.78, 5) is 26.6. The lowest BCUT2D eigenvalue weighted by Gasteiger charge is -2.35. The topological polar surface area (TPSA) is 81.9 Å². The number of ether oxygens (including phenoxy) is 2. The van der Waals surface area contributed by atoms with E-state index in [1.54, 1.807) is 23.1 Å². The van der Waals surface area contributed by atoms with Gasteiger partial charge in [0.2, 0.25) is 5.91 Å². The first-order valence-electron chi connectivity index (χ1n) is 8.70. The summed E-state index contributed by atoms with van der Waals surface area (Å²) in [6, 6.07) is 12.3. The molecule has 0 aromatic heterocycles. The Morgan fingerprint density at radius 1 is 1.00 bits per heavy atom. The molecule has 0 fully saturated rings. The number of benzene rings is 2. The third-order valence-corrected chi connectivity index (χ3v) is 4.83. The summed E-state index contributed by atoms with van der Waals surface area (Å²) in [6.45, 7) is 1.50. The molecule has 2 amide bonds. The van der Waals surface area contributed by atoms with E-state index in [1.807, 2.05) is 24.3 Å². The van der Waals surface area contributed by atoms with Gasteiger partial charge in [0.1, 0.15) is 6.04 Å². The zero-order valence-electron chi connectivity index (χ0n) is 14.3. The predicted octanol–water partition coefficient (Wildman–Crippen LogP) is 1.90. The van der Waals surface area contributed by atoms with Crippen LogP contribution in [0.3, 0.4) is 0 Å². The van der Waals surface area contributed by atoms with Gasteiger partial charge in [-0.1, -0.05) is 24.3 Å². The molecular formula is C20H20N2O4. The van der Waals surface area contributed by atoms with Crippen LogP contribution >= 0.6 is 0 Å². The summed E-state index contributed by atoms with van der Waals surface area (Å²) in [7, 11) is 0. The minimum absolute atomic E-state index is 0.237. The molecule has 6 nitrogen and oxygen atoms in total. The first-order chi connectivity index (χ1) is 12.6. The van der Waals surface area contributed by atoms with Crippen LogP contribution in [0.2, 0.25) is 0 Å². The van der Waals surface area contributed by atoms with Crippen LogP contribution in [0.5, 0.6) is 11.5 Å². The van der Waals surface area contributed by atoms with E-state index in [9.17, 15) is 9.59 Å². The first kappa shape index (κ1) is 16.4. The number of hydrogen-bond donors (Lipinski definition) is 1. The fourth-order valence-electron chi connectivity index (χ4n) is 3.45. The maximum absolute atomic E-state index is 13.1. The van der Waals surface area contributed by atoms with Crippen molar-refractivity contribution in [3.63, 3.8) is 0 Å². The second-order valence-electron chi connectivity index (χ2n) is 6.54. The van der Waals surface area contributed by atoms with Crippen LogP contribution in [0.4, 0.5) is 0 Å². The van der Waals surface area contributed by atoms with Crippen molar-refractivity contribution in [3.05, 3.63) is 59.2 Å². The average Bonchev–Trinajstić information content (AvgIpc) is 2.91. The molecule has 4 rings (SSSR count). The standard InChI is InChI=1S/C20H20N2O4/c21-19(23)16-10-13-4-1-2-5-15(13)12-22(16)20(24)14-6-7-17-18(11-14)26-9-3-8-25-17/h1-2,4-7,11,16H,3,8-10,12H2,(H2,21,23)/t16-/m1/s1. The highest BCUT2D eigenvalue weighted by Gasteiger charge is 2.34. The lowest BCUT2D eigenvalue weighted by atomic mass is 9.93. The monoisotopic (exact) mass is 352 g/mol. The molecule has 0 aliphatic carbocycles. The van der Waals surface area contributed by atoms with Crippen molar-refractivity contribution in [2.24, 2.45) is 5.73 Å². The van der Waals surface area contributed by atoms with Crippen molar-refractivity contribution < 1.29 is 19.1 Å². The third-order valence-electron chi connectivity index (χ3n) is 4.83. The maximum atomic E-state index is 13.1. The van der Waals surface area contributed by atoms with Crippen molar-refractivity contribution in [1.29, 1.82) is 0 Å². The van der Waals surface area contributed by atoms with E-state index in [0.717, 1.165) is 17.5 Å². The van der Waals surface area contributed by atoms with Crippen molar-refractivity contribution in [2.45, 2.75) is 25.4 Å².